The van der Waals surface area contributed by atoms with Crippen LogP contribution in [0.1, 0.15) is 58.2 Å². The number of hydrogen-bond donors (Lipinski definition) is 0. The van der Waals surface area contributed by atoms with Gasteiger partial charge in [-0.25, -0.2) is 0 Å². The number of thiophene rings is 1. The summed E-state index contributed by atoms with van der Waals surface area (Å²) in [6.07, 6.45) is 0. The number of rotatable bonds is 2. The van der Waals surface area contributed by atoms with Crippen molar-refractivity contribution in [2.24, 2.45) is 0 Å². The Hall–Kier alpha value is -5.06. The van der Waals surface area contributed by atoms with E-state index in [0.717, 1.165) is 0 Å². The fraction of sp³-hybridized carbons (Fsp3) is 0.191. The van der Waals surface area contributed by atoms with E-state index < -0.39 is 0 Å². The molecule has 2 aromatic heterocycles. The Balaban J connectivity index is 1.36. The van der Waals surface area contributed by atoms with Crippen LogP contribution < -0.4 is 21.3 Å². The smallest absolute Gasteiger partial charge is 0.252 e. The van der Waals surface area contributed by atoms with Crippen molar-refractivity contribution in [2.75, 3.05) is 4.90 Å². The fourth-order valence-electron chi connectivity index (χ4n) is 8.82. The Kier molecular flexibility index (Phi) is 6.33. The van der Waals surface area contributed by atoms with E-state index in [1.54, 1.807) is 0 Å². The summed E-state index contributed by atoms with van der Waals surface area (Å²) in [6, 6.07) is 46.4. The van der Waals surface area contributed by atoms with Gasteiger partial charge in [0, 0.05) is 43.5 Å². The van der Waals surface area contributed by atoms with Gasteiger partial charge in [-0.3, -0.25) is 0 Å². The molecule has 248 valence electrons. The lowest BCUT2D eigenvalue weighted by Crippen LogP contribution is -2.60. The first-order valence-corrected chi connectivity index (χ1v) is 19.0. The first-order chi connectivity index (χ1) is 24.5. The van der Waals surface area contributed by atoms with Crippen molar-refractivity contribution in [1.29, 1.82) is 0 Å². The SMILES string of the molecule is Cc1cc2c3c(c1)-n1c4sc5ccccc5c4c4cccc(c41)B3c1ccc(C(C)(C)C)cc1N2c1ccc(C(C)(C)C)cc1-c1ccccc1. The Morgan fingerprint density at radius 2 is 1.25 bits per heavy atom. The van der Waals surface area contributed by atoms with Gasteiger partial charge in [-0.2, -0.15) is 0 Å². The topological polar surface area (TPSA) is 8.17 Å². The van der Waals surface area contributed by atoms with E-state index in [9.17, 15) is 0 Å². The molecule has 0 spiro atoms. The van der Waals surface area contributed by atoms with E-state index >= 15 is 0 Å². The van der Waals surface area contributed by atoms with Crippen LogP contribution in [0.3, 0.4) is 0 Å². The quantitative estimate of drug-likeness (QED) is 0.166. The number of para-hydroxylation sites is 1. The zero-order chi connectivity index (χ0) is 35.0. The highest BCUT2D eigenvalue weighted by molar-refractivity contribution is 7.26. The van der Waals surface area contributed by atoms with Crippen LogP contribution in [0.15, 0.2) is 121 Å². The molecule has 51 heavy (non-hydrogen) atoms. The van der Waals surface area contributed by atoms with Crippen LogP contribution in [0, 0.1) is 6.92 Å². The first-order valence-electron chi connectivity index (χ1n) is 18.2. The molecular formula is C47H41BN2S. The molecule has 0 fully saturated rings. The van der Waals surface area contributed by atoms with E-state index in [4.69, 9.17) is 0 Å². The molecule has 6 aromatic carbocycles. The van der Waals surface area contributed by atoms with Crippen LogP contribution in [-0.2, 0) is 10.8 Å². The maximum atomic E-state index is 2.61. The molecule has 0 saturated heterocycles. The third-order valence-electron chi connectivity index (χ3n) is 11.3. The van der Waals surface area contributed by atoms with Crippen molar-refractivity contribution in [2.45, 2.75) is 59.3 Å². The molecule has 4 heteroatoms. The molecule has 2 nitrogen and oxygen atoms in total. The second kappa shape index (κ2) is 10.5. The summed E-state index contributed by atoms with van der Waals surface area (Å²) in [7, 11) is 0. The monoisotopic (exact) mass is 676 g/mol. The van der Waals surface area contributed by atoms with Gasteiger partial charge in [0.25, 0.3) is 6.71 Å². The van der Waals surface area contributed by atoms with Crippen LogP contribution in [0.4, 0.5) is 17.1 Å². The lowest BCUT2D eigenvalue weighted by molar-refractivity contribution is 0.590. The van der Waals surface area contributed by atoms with Crippen LogP contribution >= 0.6 is 11.3 Å². The average Bonchev–Trinajstić information content (AvgIpc) is 3.65. The zero-order valence-electron chi connectivity index (χ0n) is 30.4. The molecule has 2 aliphatic rings. The van der Waals surface area contributed by atoms with Gasteiger partial charge in [-0.1, -0.05) is 126 Å². The summed E-state index contributed by atoms with van der Waals surface area (Å²) in [6.45, 7) is 16.3. The van der Waals surface area contributed by atoms with Crippen LogP contribution in [-0.4, -0.2) is 11.3 Å². The molecule has 0 radical (unpaired) electrons. The molecule has 0 bridgehead atoms. The third kappa shape index (κ3) is 4.36. The summed E-state index contributed by atoms with van der Waals surface area (Å²) < 4.78 is 3.95. The van der Waals surface area contributed by atoms with Gasteiger partial charge in [-0.05, 0) is 92.8 Å². The first kappa shape index (κ1) is 30.7. The lowest BCUT2D eigenvalue weighted by atomic mass is 9.33. The number of fused-ring (bicyclic) bond motifs is 9. The van der Waals surface area contributed by atoms with Gasteiger partial charge in [0.2, 0.25) is 0 Å². The van der Waals surface area contributed by atoms with Crippen molar-refractivity contribution < 1.29 is 0 Å². The number of aryl methyl sites for hydroxylation is 1. The Bertz CT molecular complexity index is 2730. The van der Waals surface area contributed by atoms with E-state index in [-0.39, 0.29) is 17.5 Å². The van der Waals surface area contributed by atoms with Crippen molar-refractivity contribution in [3.05, 3.63) is 138 Å². The normalized spacial score (nSPS) is 13.7. The fourth-order valence-corrected chi connectivity index (χ4v) is 10.1. The van der Waals surface area contributed by atoms with Gasteiger partial charge in [-0.15, -0.1) is 11.3 Å². The molecule has 4 heterocycles. The molecule has 0 atom stereocenters. The van der Waals surface area contributed by atoms with Crippen molar-refractivity contribution >= 4 is 82.7 Å². The van der Waals surface area contributed by atoms with Crippen LogP contribution in [0.25, 0.3) is 48.0 Å². The summed E-state index contributed by atoms with van der Waals surface area (Å²) in [4.78, 5) is 3.95. The average molecular weight is 677 g/mol. The maximum absolute atomic E-state index is 2.61. The van der Waals surface area contributed by atoms with E-state index in [2.05, 4.69) is 179 Å². The molecule has 0 amide bonds. The van der Waals surface area contributed by atoms with Crippen LogP contribution in [0.2, 0.25) is 0 Å². The number of anilines is 3. The highest BCUT2D eigenvalue weighted by Crippen LogP contribution is 2.48. The van der Waals surface area contributed by atoms with E-state index in [1.807, 2.05) is 11.3 Å². The predicted molar refractivity (Wildman–Crippen MR) is 223 cm³/mol. The summed E-state index contributed by atoms with van der Waals surface area (Å²) >= 11 is 1.92. The van der Waals surface area contributed by atoms with Crippen molar-refractivity contribution in [3.8, 4) is 16.8 Å². The number of benzene rings is 6. The second-order valence-corrected chi connectivity index (χ2v) is 17.7. The molecule has 0 saturated carbocycles. The molecule has 2 aliphatic heterocycles. The van der Waals surface area contributed by atoms with Gasteiger partial charge < -0.3 is 9.47 Å². The van der Waals surface area contributed by atoms with Crippen LogP contribution in [0.5, 0.6) is 0 Å². The molecule has 10 rings (SSSR count). The Labute approximate surface area is 305 Å². The van der Waals surface area contributed by atoms with Crippen molar-refractivity contribution in [1.82, 2.24) is 4.57 Å². The van der Waals surface area contributed by atoms with E-state index in [1.165, 1.54) is 98.2 Å². The third-order valence-corrected chi connectivity index (χ3v) is 12.5. The summed E-state index contributed by atoms with van der Waals surface area (Å²) in [5, 5.41) is 4.09. The highest BCUT2D eigenvalue weighted by atomic mass is 32.1. The minimum absolute atomic E-state index is 0.00376. The molecular weight excluding hydrogens is 635 g/mol. The van der Waals surface area contributed by atoms with Gasteiger partial charge >= 0.3 is 0 Å². The largest absolute Gasteiger partial charge is 0.311 e. The zero-order valence-corrected chi connectivity index (χ0v) is 31.2. The lowest BCUT2D eigenvalue weighted by Gasteiger charge is -2.42. The molecule has 8 aromatic rings. The highest BCUT2D eigenvalue weighted by Gasteiger charge is 2.43. The Morgan fingerprint density at radius 1 is 0.569 bits per heavy atom. The van der Waals surface area contributed by atoms with Gasteiger partial charge in [0.15, 0.2) is 0 Å². The number of hydrogen-bond acceptors (Lipinski definition) is 2. The van der Waals surface area contributed by atoms with Crippen molar-refractivity contribution in [3.63, 3.8) is 0 Å². The summed E-state index contributed by atoms with van der Waals surface area (Å²) in [5.74, 6) is 0. The van der Waals surface area contributed by atoms with Gasteiger partial charge in [0.05, 0.1) is 11.2 Å². The number of nitrogens with zero attached hydrogens (tertiary/aromatic N) is 2. The Morgan fingerprint density at radius 3 is 2.04 bits per heavy atom. The molecule has 0 N–H and O–H groups in total. The standard InChI is InChI=1S/C47H41BN2S/c1-28-24-39-43-40(25-28)50-44-33(42-32-16-11-12-19-41(32)51-45(42)50)17-13-18-36(44)48(43)35-22-20-31(47(5,6)7)27-38(35)49(39)37-23-21-30(46(2,3)4)26-34(37)29-14-9-8-10-15-29/h8-27H,1-7H3. The minimum Gasteiger partial charge on any atom is -0.311 e. The van der Waals surface area contributed by atoms with E-state index in [0.29, 0.717) is 0 Å². The predicted octanol–water partition coefficient (Wildman–Crippen LogP) is 11.2. The second-order valence-electron chi connectivity index (χ2n) is 16.7. The minimum atomic E-state index is 0.00376. The maximum Gasteiger partial charge on any atom is 0.252 e. The molecule has 0 unspecified atom stereocenters. The summed E-state index contributed by atoms with van der Waals surface area (Å²) in [5.41, 5.74) is 17.1. The number of aromatic nitrogens is 1. The van der Waals surface area contributed by atoms with Gasteiger partial charge in [0.1, 0.15) is 4.83 Å². The molecule has 0 aliphatic carbocycles.